The quantitative estimate of drug-likeness (QED) is 0.828. The van der Waals surface area contributed by atoms with Crippen molar-refractivity contribution in [3.63, 3.8) is 0 Å². The molecular formula is C17H13ClF3NO3. The Labute approximate surface area is 146 Å². The molecule has 3 rings (SSSR count). The predicted molar refractivity (Wildman–Crippen MR) is 86.1 cm³/mol. The molecule has 0 aliphatic carbocycles. The molecule has 0 radical (unpaired) electrons. The topological polar surface area (TPSA) is 51.5 Å². The van der Waals surface area contributed by atoms with E-state index in [4.69, 9.17) is 20.8 Å². The number of carbonyl (C=O) groups is 1. The molecule has 25 heavy (non-hydrogen) atoms. The summed E-state index contributed by atoms with van der Waals surface area (Å²) in [4.78, 5) is 12.0. The first-order valence-electron chi connectivity index (χ1n) is 7.31. The highest BCUT2D eigenvalue weighted by molar-refractivity contribution is 6.30. The van der Waals surface area contributed by atoms with Gasteiger partial charge in [0.15, 0.2) is 0 Å². The Kier molecular flexibility index (Phi) is 4.38. The number of hydrogen-bond acceptors (Lipinski definition) is 3. The first kappa shape index (κ1) is 17.6. The zero-order chi connectivity index (χ0) is 18.2. The van der Waals surface area contributed by atoms with Gasteiger partial charge in [-0.15, -0.1) is 0 Å². The Morgan fingerprint density at radius 1 is 1.32 bits per heavy atom. The highest BCUT2D eigenvalue weighted by atomic mass is 35.5. The first-order chi connectivity index (χ1) is 11.7. The second kappa shape index (κ2) is 6.24. The van der Waals surface area contributed by atoms with Crippen molar-refractivity contribution >= 4 is 29.3 Å². The van der Waals surface area contributed by atoms with Gasteiger partial charge in [0.2, 0.25) is 5.60 Å². The predicted octanol–water partition coefficient (Wildman–Crippen LogP) is 4.76. The molecule has 1 amide bonds. The number of nitrogens with one attached hydrogen (secondary N) is 1. The minimum atomic E-state index is -4.85. The van der Waals surface area contributed by atoms with Gasteiger partial charge in [-0.25, -0.2) is 0 Å². The average molecular weight is 372 g/mol. The van der Waals surface area contributed by atoms with Crippen LogP contribution in [-0.4, -0.2) is 18.2 Å². The van der Waals surface area contributed by atoms with Gasteiger partial charge in [0, 0.05) is 16.3 Å². The Morgan fingerprint density at radius 2 is 2.08 bits per heavy atom. The molecule has 1 aromatic heterocycles. The van der Waals surface area contributed by atoms with Gasteiger partial charge in [0.25, 0.3) is 5.91 Å². The minimum Gasteiger partial charge on any atom is -0.465 e. The van der Waals surface area contributed by atoms with E-state index in [9.17, 15) is 18.0 Å². The third-order valence-corrected chi connectivity index (χ3v) is 4.05. The lowest BCUT2D eigenvalue weighted by Gasteiger charge is -2.34. The summed E-state index contributed by atoms with van der Waals surface area (Å²) in [6.07, 6.45) is -2.87. The van der Waals surface area contributed by atoms with Gasteiger partial charge < -0.3 is 14.5 Å². The average Bonchev–Trinajstić information content (AvgIpc) is 3.01. The second-order valence-electron chi connectivity index (χ2n) is 5.52. The fraction of sp³-hybridized carbons (Fsp3) is 0.235. The molecule has 0 spiro atoms. The Morgan fingerprint density at radius 3 is 2.72 bits per heavy atom. The van der Waals surface area contributed by atoms with Crippen LogP contribution in [0.5, 0.6) is 0 Å². The summed E-state index contributed by atoms with van der Waals surface area (Å²) in [5.74, 6) is -0.465. The van der Waals surface area contributed by atoms with E-state index in [1.165, 1.54) is 31.4 Å². The van der Waals surface area contributed by atoms with E-state index < -0.39 is 23.8 Å². The van der Waals surface area contributed by atoms with Crippen molar-refractivity contribution in [3.8, 4) is 0 Å². The van der Waals surface area contributed by atoms with Gasteiger partial charge in [-0.2, -0.15) is 13.2 Å². The maximum atomic E-state index is 14.1. The smallest absolute Gasteiger partial charge is 0.425 e. The minimum absolute atomic E-state index is 0.0137. The molecule has 0 saturated carbocycles. The molecule has 2 unspecified atom stereocenters. The number of benzene rings is 1. The van der Waals surface area contributed by atoms with Crippen LogP contribution in [0, 0.1) is 0 Å². The van der Waals surface area contributed by atoms with Gasteiger partial charge in [0.1, 0.15) is 11.9 Å². The second-order valence-corrected chi connectivity index (χ2v) is 5.96. The van der Waals surface area contributed by atoms with E-state index in [-0.39, 0.29) is 22.0 Å². The zero-order valence-electron chi connectivity index (χ0n) is 12.9. The molecule has 0 fully saturated rings. The molecule has 2 atom stereocenters. The van der Waals surface area contributed by atoms with Crippen LogP contribution < -0.4 is 5.32 Å². The highest BCUT2D eigenvalue weighted by Gasteiger charge is 2.59. The standard InChI is InChI=1S/C17H13ClF3NO3/c1-10-15(23)22-14-5-4-11(18)9-13(14)16(25-10,17(19,20)21)7-6-12-3-2-8-24-12/h2-10H,1H3,(H,22,23)/b7-6+. The lowest BCUT2D eigenvalue weighted by Crippen LogP contribution is -2.45. The molecule has 8 heteroatoms. The normalized spacial score (nSPS) is 24.0. The third-order valence-electron chi connectivity index (χ3n) is 3.82. The Bertz CT molecular complexity index is 817. The SMILES string of the molecule is CC1OC(/C=C/c2ccco2)(C(F)(F)F)c2cc(Cl)ccc2NC1=O. The van der Waals surface area contributed by atoms with Crippen molar-refractivity contribution in [2.75, 3.05) is 5.32 Å². The molecular weight excluding hydrogens is 359 g/mol. The van der Waals surface area contributed by atoms with E-state index in [0.29, 0.717) is 0 Å². The number of fused-ring (bicyclic) bond motifs is 1. The summed E-state index contributed by atoms with van der Waals surface area (Å²) in [6, 6.07) is 6.90. The summed E-state index contributed by atoms with van der Waals surface area (Å²) in [6.45, 7) is 1.25. The summed E-state index contributed by atoms with van der Waals surface area (Å²) in [5.41, 5.74) is -3.17. The van der Waals surface area contributed by atoms with Gasteiger partial charge in [-0.05, 0) is 49.4 Å². The van der Waals surface area contributed by atoms with Crippen LogP contribution in [0.2, 0.25) is 5.02 Å². The van der Waals surface area contributed by atoms with Crippen molar-refractivity contribution in [2.45, 2.75) is 24.8 Å². The summed E-state index contributed by atoms with van der Waals surface area (Å²) >= 11 is 5.90. The first-order valence-corrected chi connectivity index (χ1v) is 7.69. The maximum Gasteiger partial charge on any atom is 0.425 e. The van der Waals surface area contributed by atoms with Gasteiger partial charge in [-0.1, -0.05) is 11.6 Å². The summed E-state index contributed by atoms with van der Waals surface area (Å²) in [7, 11) is 0. The van der Waals surface area contributed by atoms with Crippen LogP contribution >= 0.6 is 11.6 Å². The molecule has 2 heterocycles. The molecule has 1 N–H and O–H groups in total. The van der Waals surface area contributed by atoms with Crippen LogP contribution in [0.3, 0.4) is 0 Å². The summed E-state index contributed by atoms with van der Waals surface area (Å²) in [5, 5.41) is 2.53. The Hall–Kier alpha value is -2.25. The number of hydrogen-bond donors (Lipinski definition) is 1. The van der Waals surface area contributed by atoms with Crippen molar-refractivity contribution < 1.29 is 27.1 Å². The van der Waals surface area contributed by atoms with Crippen molar-refractivity contribution in [1.82, 2.24) is 0 Å². The van der Waals surface area contributed by atoms with Crippen molar-refractivity contribution in [3.05, 3.63) is 59.0 Å². The molecule has 2 aromatic rings. The molecule has 1 aliphatic heterocycles. The number of ether oxygens (including phenoxy) is 1. The van der Waals surface area contributed by atoms with E-state index in [1.54, 1.807) is 6.07 Å². The fourth-order valence-electron chi connectivity index (χ4n) is 2.59. The third kappa shape index (κ3) is 3.17. The van der Waals surface area contributed by atoms with Gasteiger partial charge in [-0.3, -0.25) is 4.79 Å². The maximum absolute atomic E-state index is 14.1. The monoisotopic (exact) mass is 371 g/mol. The van der Waals surface area contributed by atoms with Crippen LogP contribution in [0.1, 0.15) is 18.2 Å². The molecule has 4 nitrogen and oxygen atoms in total. The highest BCUT2D eigenvalue weighted by Crippen LogP contribution is 2.49. The summed E-state index contributed by atoms with van der Waals surface area (Å²) < 4.78 is 52.7. The number of furan rings is 1. The number of amides is 1. The van der Waals surface area contributed by atoms with Gasteiger partial charge in [0.05, 0.1) is 6.26 Å². The number of alkyl halides is 3. The van der Waals surface area contributed by atoms with Crippen molar-refractivity contribution in [1.29, 1.82) is 0 Å². The largest absolute Gasteiger partial charge is 0.465 e. The number of anilines is 1. The molecule has 0 saturated heterocycles. The van der Waals surface area contributed by atoms with E-state index in [1.807, 2.05) is 0 Å². The Balaban J connectivity index is 2.25. The molecule has 132 valence electrons. The van der Waals surface area contributed by atoms with E-state index in [2.05, 4.69) is 5.32 Å². The van der Waals surface area contributed by atoms with E-state index >= 15 is 0 Å². The van der Waals surface area contributed by atoms with Gasteiger partial charge >= 0.3 is 6.18 Å². The molecule has 1 aliphatic rings. The van der Waals surface area contributed by atoms with Crippen LogP contribution in [0.25, 0.3) is 6.08 Å². The van der Waals surface area contributed by atoms with E-state index in [0.717, 1.165) is 18.2 Å². The zero-order valence-corrected chi connectivity index (χ0v) is 13.7. The van der Waals surface area contributed by atoms with Crippen LogP contribution in [0.4, 0.5) is 18.9 Å². The number of halogens is 4. The lowest BCUT2D eigenvalue weighted by molar-refractivity contribution is -0.270. The van der Waals surface area contributed by atoms with Crippen molar-refractivity contribution in [2.24, 2.45) is 0 Å². The number of rotatable bonds is 2. The van der Waals surface area contributed by atoms with Crippen LogP contribution in [-0.2, 0) is 15.1 Å². The van der Waals surface area contributed by atoms with Crippen LogP contribution in [0.15, 0.2) is 47.1 Å². The number of carbonyl (C=O) groups excluding carboxylic acids is 1. The lowest BCUT2D eigenvalue weighted by atomic mass is 9.90. The molecule has 0 bridgehead atoms. The molecule has 1 aromatic carbocycles. The fourth-order valence-corrected chi connectivity index (χ4v) is 2.76.